The lowest BCUT2D eigenvalue weighted by Crippen LogP contribution is -2.57. The molecule has 8 nitrogen and oxygen atoms in total. The molecule has 1 amide bonds. The number of rotatable bonds is 3. The van der Waals surface area contributed by atoms with Gasteiger partial charge < -0.3 is 19.9 Å². The average Bonchev–Trinajstić information content (AvgIpc) is 3.39. The maximum absolute atomic E-state index is 14.5. The summed E-state index contributed by atoms with van der Waals surface area (Å²) < 4.78 is 16.0. The van der Waals surface area contributed by atoms with Crippen molar-refractivity contribution >= 4 is 34.0 Å². The molecule has 1 aliphatic heterocycles. The molecule has 6 rings (SSSR count). The molecule has 168 valence electrons. The summed E-state index contributed by atoms with van der Waals surface area (Å²) >= 11 is 0. The molecule has 2 fully saturated rings. The molecule has 4 aromatic rings. The van der Waals surface area contributed by atoms with Gasteiger partial charge in [0.15, 0.2) is 11.5 Å². The van der Waals surface area contributed by atoms with E-state index in [4.69, 9.17) is 0 Å². The van der Waals surface area contributed by atoms with Crippen molar-refractivity contribution in [1.82, 2.24) is 24.7 Å². The summed E-state index contributed by atoms with van der Waals surface area (Å²) in [6.45, 7) is 5.77. The van der Waals surface area contributed by atoms with E-state index in [2.05, 4.69) is 37.4 Å². The second-order valence-corrected chi connectivity index (χ2v) is 9.24. The quantitative estimate of drug-likeness (QED) is 0.503. The standard InChI is InChI=1S/C24H24FN7O/c1-14-10-31-12-16(9-18(25)22(31)28-14)29-23(33)17-3-4-19(21-20(17)26-7-8-27-21)32-11-15(2)30-24(13-32)5-6-24/h3-4,7-10,12,15,30H,5-6,11,13H2,1-2H3,(H,29,33)/t15-/m1/s1. The maximum atomic E-state index is 14.5. The molecule has 0 radical (unpaired) electrons. The van der Waals surface area contributed by atoms with E-state index in [1.165, 1.54) is 18.9 Å². The number of aryl methyl sites for hydroxylation is 1. The second-order valence-electron chi connectivity index (χ2n) is 9.24. The fraction of sp³-hybridized carbons (Fsp3) is 0.333. The Morgan fingerprint density at radius 1 is 1.21 bits per heavy atom. The number of halogens is 1. The molecule has 1 atom stereocenters. The fourth-order valence-electron chi connectivity index (χ4n) is 4.94. The van der Waals surface area contributed by atoms with Crippen LogP contribution in [0.15, 0.2) is 43.0 Å². The van der Waals surface area contributed by atoms with Gasteiger partial charge in [-0.25, -0.2) is 9.37 Å². The first-order valence-electron chi connectivity index (χ1n) is 11.1. The number of amides is 1. The molecule has 1 saturated heterocycles. The monoisotopic (exact) mass is 445 g/mol. The van der Waals surface area contributed by atoms with Gasteiger partial charge in [0.1, 0.15) is 11.0 Å². The number of benzene rings is 1. The lowest BCUT2D eigenvalue weighted by molar-refractivity contribution is 0.102. The minimum atomic E-state index is -0.497. The minimum absolute atomic E-state index is 0.191. The van der Waals surface area contributed by atoms with Crippen molar-refractivity contribution in [2.45, 2.75) is 38.3 Å². The summed E-state index contributed by atoms with van der Waals surface area (Å²) in [5, 5.41) is 6.51. The summed E-state index contributed by atoms with van der Waals surface area (Å²) in [6, 6.07) is 5.37. The van der Waals surface area contributed by atoms with Crippen molar-refractivity contribution in [1.29, 1.82) is 0 Å². The highest BCUT2D eigenvalue weighted by atomic mass is 19.1. The third-order valence-electron chi connectivity index (χ3n) is 6.47. The molecule has 2 N–H and O–H groups in total. The Balaban J connectivity index is 1.35. The number of imidazole rings is 1. The molecule has 0 unspecified atom stereocenters. The van der Waals surface area contributed by atoms with Crippen LogP contribution in [0.5, 0.6) is 0 Å². The number of aromatic nitrogens is 4. The van der Waals surface area contributed by atoms with Crippen LogP contribution in [0.2, 0.25) is 0 Å². The summed E-state index contributed by atoms with van der Waals surface area (Å²) in [5.41, 5.74) is 4.07. The highest BCUT2D eigenvalue weighted by Crippen LogP contribution is 2.41. The largest absolute Gasteiger partial charge is 0.366 e. The van der Waals surface area contributed by atoms with Gasteiger partial charge in [0.2, 0.25) is 0 Å². The smallest absolute Gasteiger partial charge is 0.257 e. The van der Waals surface area contributed by atoms with Crippen molar-refractivity contribution in [3.05, 3.63) is 60.1 Å². The molecular weight excluding hydrogens is 421 g/mol. The predicted molar refractivity (Wildman–Crippen MR) is 124 cm³/mol. The van der Waals surface area contributed by atoms with E-state index < -0.39 is 5.82 Å². The number of pyridine rings is 1. The van der Waals surface area contributed by atoms with E-state index in [-0.39, 0.29) is 17.1 Å². The average molecular weight is 446 g/mol. The Hall–Kier alpha value is -3.59. The number of carbonyl (C=O) groups is 1. The third-order valence-corrected chi connectivity index (χ3v) is 6.47. The summed E-state index contributed by atoms with van der Waals surface area (Å²) in [5.74, 6) is -0.863. The van der Waals surface area contributed by atoms with Crippen LogP contribution in [0.1, 0.15) is 35.8 Å². The number of piperazine rings is 1. The first-order valence-corrected chi connectivity index (χ1v) is 11.1. The molecule has 1 saturated carbocycles. The van der Waals surface area contributed by atoms with Crippen LogP contribution in [-0.4, -0.2) is 49.9 Å². The van der Waals surface area contributed by atoms with Crippen LogP contribution in [0.25, 0.3) is 16.7 Å². The summed E-state index contributed by atoms with van der Waals surface area (Å²) in [6.07, 6.45) is 8.95. The number of nitrogens with one attached hydrogen (secondary N) is 2. The van der Waals surface area contributed by atoms with Crippen molar-refractivity contribution < 1.29 is 9.18 Å². The predicted octanol–water partition coefficient (Wildman–Crippen LogP) is 3.31. The van der Waals surface area contributed by atoms with Gasteiger partial charge in [-0.05, 0) is 38.8 Å². The van der Waals surface area contributed by atoms with Crippen molar-refractivity contribution in [3.63, 3.8) is 0 Å². The highest BCUT2D eigenvalue weighted by Gasteiger charge is 2.47. The lowest BCUT2D eigenvalue weighted by Gasteiger charge is -2.39. The number of nitrogens with zero attached hydrogens (tertiary/aromatic N) is 5. The van der Waals surface area contributed by atoms with E-state index in [1.54, 1.807) is 42.2 Å². The van der Waals surface area contributed by atoms with Crippen molar-refractivity contribution in [3.8, 4) is 0 Å². The Labute approximate surface area is 189 Å². The summed E-state index contributed by atoms with van der Waals surface area (Å²) in [4.78, 5) is 28.7. The maximum Gasteiger partial charge on any atom is 0.257 e. The van der Waals surface area contributed by atoms with Gasteiger partial charge in [0.05, 0.1) is 22.6 Å². The van der Waals surface area contributed by atoms with Gasteiger partial charge >= 0.3 is 0 Å². The van der Waals surface area contributed by atoms with Gasteiger partial charge in [-0.15, -0.1) is 0 Å². The fourth-order valence-corrected chi connectivity index (χ4v) is 4.94. The topological polar surface area (TPSA) is 87.5 Å². The molecule has 1 spiro atoms. The number of anilines is 2. The van der Waals surface area contributed by atoms with Gasteiger partial charge in [-0.3, -0.25) is 14.8 Å². The molecule has 1 aromatic carbocycles. The molecule has 9 heteroatoms. The van der Waals surface area contributed by atoms with Crippen LogP contribution in [0.4, 0.5) is 15.8 Å². The molecule has 33 heavy (non-hydrogen) atoms. The highest BCUT2D eigenvalue weighted by molar-refractivity contribution is 6.13. The minimum Gasteiger partial charge on any atom is -0.366 e. The number of fused-ring (bicyclic) bond motifs is 2. The van der Waals surface area contributed by atoms with E-state index in [9.17, 15) is 9.18 Å². The molecule has 4 heterocycles. The first-order chi connectivity index (χ1) is 15.9. The van der Waals surface area contributed by atoms with Crippen LogP contribution in [0.3, 0.4) is 0 Å². The van der Waals surface area contributed by atoms with E-state index >= 15 is 0 Å². The molecule has 2 aliphatic rings. The van der Waals surface area contributed by atoms with Crippen molar-refractivity contribution in [2.24, 2.45) is 0 Å². The van der Waals surface area contributed by atoms with E-state index in [1.807, 2.05) is 6.07 Å². The number of hydrogen-bond acceptors (Lipinski definition) is 6. The van der Waals surface area contributed by atoms with Gasteiger partial charge in [-0.1, -0.05) is 0 Å². The van der Waals surface area contributed by atoms with E-state index in [0.717, 1.165) is 18.8 Å². The lowest BCUT2D eigenvalue weighted by atomic mass is 10.1. The molecular formula is C24H24FN7O. The van der Waals surface area contributed by atoms with Gasteiger partial charge in [0, 0.05) is 55.5 Å². The number of carbonyl (C=O) groups excluding carboxylic acids is 1. The summed E-state index contributed by atoms with van der Waals surface area (Å²) in [7, 11) is 0. The third kappa shape index (κ3) is 3.48. The molecule has 1 aliphatic carbocycles. The molecule has 3 aromatic heterocycles. The van der Waals surface area contributed by atoms with Crippen LogP contribution < -0.4 is 15.5 Å². The Bertz CT molecular complexity index is 1410. The van der Waals surface area contributed by atoms with Crippen molar-refractivity contribution in [2.75, 3.05) is 23.3 Å². The Morgan fingerprint density at radius 3 is 2.79 bits per heavy atom. The first kappa shape index (κ1) is 20.0. The Kier molecular flexibility index (Phi) is 4.38. The normalized spacial score (nSPS) is 19.4. The zero-order valence-corrected chi connectivity index (χ0v) is 18.5. The second kappa shape index (κ2) is 7.21. The van der Waals surface area contributed by atoms with Gasteiger partial charge in [0.25, 0.3) is 5.91 Å². The van der Waals surface area contributed by atoms with Crippen LogP contribution in [0, 0.1) is 12.7 Å². The zero-order valence-electron chi connectivity index (χ0n) is 18.5. The SMILES string of the molecule is Cc1cn2cc(NC(=O)c3ccc(N4C[C@@H](C)NC5(CC5)C4)c4nccnc34)cc(F)c2n1. The van der Waals surface area contributed by atoms with Gasteiger partial charge in [-0.2, -0.15) is 0 Å². The number of hydrogen-bond donors (Lipinski definition) is 2. The Morgan fingerprint density at radius 2 is 2.00 bits per heavy atom. The van der Waals surface area contributed by atoms with E-state index in [0.29, 0.717) is 34.0 Å². The molecule has 0 bridgehead atoms. The van der Waals surface area contributed by atoms with Crippen LogP contribution >= 0.6 is 0 Å². The zero-order chi connectivity index (χ0) is 22.7. The van der Waals surface area contributed by atoms with Crippen LogP contribution in [-0.2, 0) is 0 Å².